The lowest BCUT2D eigenvalue weighted by Crippen LogP contribution is -2.19. The second kappa shape index (κ2) is 7.87. The Hall–Kier alpha value is -3.22. The first-order valence-electron chi connectivity index (χ1n) is 7.28. The van der Waals surface area contributed by atoms with Gasteiger partial charge in [-0.25, -0.2) is 5.43 Å². The number of nitrogens with one attached hydrogen (secondary N) is 1. The van der Waals surface area contributed by atoms with Crippen LogP contribution in [0, 0.1) is 10.1 Å². The Labute approximate surface area is 139 Å². The van der Waals surface area contributed by atoms with Gasteiger partial charge in [0.1, 0.15) is 0 Å². The van der Waals surface area contributed by atoms with Crippen LogP contribution in [0.15, 0.2) is 53.6 Å². The average Bonchev–Trinajstić information content (AvgIpc) is 2.55. The molecule has 0 radical (unpaired) electrons. The van der Waals surface area contributed by atoms with Crippen LogP contribution in [0.2, 0.25) is 0 Å². The summed E-state index contributed by atoms with van der Waals surface area (Å²) in [5.74, 6) is -0.336. The minimum absolute atomic E-state index is 0.0264. The first-order valence-corrected chi connectivity index (χ1v) is 7.28. The average molecular weight is 326 g/mol. The molecule has 0 aromatic heterocycles. The van der Waals surface area contributed by atoms with Crippen molar-refractivity contribution in [2.24, 2.45) is 5.10 Å². The maximum absolute atomic E-state index is 11.8. The zero-order chi connectivity index (χ0) is 17.5. The van der Waals surface area contributed by atoms with Gasteiger partial charge in [-0.2, -0.15) is 5.10 Å². The summed E-state index contributed by atoms with van der Waals surface area (Å²) in [6.45, 7) is 0. The van der Waals surface area contributed by atoms with Gasteiger partial charge in [0.25, 0.3) is 5.69 Å². The van der Waals surface area contributed by atoms with Gasteiger partial charge in [-0.15, -0.1) is 0 Å². The van der Waals surface area contributed by atoms with E-state index in [1.165, 1.54) is 12.1 Å². The van der Waals surface area contributed by atoms with E-state index in [2.05, 4.69) is 10.5 Å². The third-order valence-electron chi connectivity index (χ3n) is 3.30. The second-order valence-corrected chi connectivity index (χ2v) is 5.38. The van der Waals surface area contributed by atoms with Crippen molar-refractivity contribution in [3.8, 4) is 0 Å². The molecule has 124 valence electrons. The highest BCUT2D eigenvalue weighted by molar-refractivity contribution is 5.83. The molecular formula is C17H18N4O3. The molecule has 1 N–H and O–H groups in total. The number of nitro benzene ring substituents is 1. The van der Waals surface area contributed by atoms with Crippen LogP contribution in [-0.4, -0.2) is 31.1 Å². The van der Waals surface area contributed by atoms with E-state index in [1.807, 2.05) is 43.3 Å². The normalized spacial score (nSPS) is 10.6. The van der Waals surface area contributed by atoms with Gasteiger partial charge in [0.2, 0.25) is 5.91 Å². The van der Waals surface area contributed by atoms with Gasteiger partial charge >= 0.3 is 0 Å². The lowest BCUT2D eigenvalue weighted by atomic mass is 10.1. The monoisotopic (exact) mass is 326 g/mol. The highest BCUT2D eigenvalue weighted by atomic mass is 16.6. The van der Waals surface area contributed by atoms with E-state index in [4.69, 9.17) is 0 Å². The number of anilines is 1. The molecule has 7 nitrogen and oxygen atoms in total. The predicted molar refractivity (Wildman–Crippen MR) is 93.3 cm³/mol. The van der Waals surface area contributed by atoms with E-state index in [-0.39, 0.29) is 18.0 Å². The van der Waals surface area contributed by atoms with Crippen molar-refractivity contribution in [2.45, 2.75) is 6.42 Å². The summed E-state index contributed by atoms with van der Waals surface area (Å²) in [4.78, 5) is 24.0. The fourth-order valence-electron chi connectivity index (χ4n) is 2.04. The van der Waals surface area contributed by atoms with Crippen molar-refractivity contribution in [1.82, 2.24) is 5.43 Å². The fourth-order valence-corrected chi connectivity index (χ4v) is 2.04. The van der Waals surface area contributed by atoms with Crippen LogP contribution < -0.4 is 10.3 Å². The van der Waals surface area contributed by atoms with Gasteiger partial charge in [-0.3, -0.25) is 14.9 Å². The number of nitro groups is 1. The molecule has 0 unspecified atom stereocenters. The highest BCUT2D eigenvalue weighted by Gasteiger charge is 2.08. The van der Waals surface area contributed by atoms with Crippen LogP contribution in [-0.2, 0) is 11.2 Å². The third-order valence-corrected chi connectivity index (χ3v) is 3.30. The zero-order valence-electron chi connectivity index (χ0n) is 13.5. The van der Waals surface area contributed by atoms with Crippen LogP contribution in [0.25, 0.3) is 0 Å². The molecule has 0 aliphatic carbocycles. The maximum atomic E-state index is 11.8. The smallest absolute Gasteiger partial charge is 0.269 e. The predicted octanol–water partition coefficient (Wildman–Crippen LogP) is 2.35. The minimum Gasteiger partial charge on any atom is -0.378 e. The molecule has 0 aliphatic heterocycles. The quantitative estimate of drug-likeness (QED) is 0.501. The molecule has 0 aliphatic rings. The van der Waals surface area contributed by atoms with Crippen molar-refractivity contribution < 1.29 is 9.72 Å². The largest absolute Gasteiger partial charge is 0.378 e. The summed E-state index contributed by atoms with van der Waals surface area (Å²) < 4.78 is 0. The molecular weight excluding hydrogens is 308 g/mol. The summed E-state index contributed by atoms with van der Waals surface area (Å²) in [7, 11) is 3.91. The Morgan fingerprint density at radius 1 is 1.25 bits per heavy atom. The molecule has 0 bridgehead atoms. The van der Waals surface area contributed by atoms with E-state index in [0.29, 0.717) is 5.56 Å². The number of carbonyl (C=O) groups is 1. The lowest BCUT2D eigenvalue weighted by Gasteiger charge is -2.11. The van der Waals surface area contributed by atoms with Crippen LogP contribution in [0.1, 0.15) is 11.1 Å². The first-order chi connectivity index (χ1) is 11.5. The van der Waals surface area contributed by atoms with Crippen molar-refractivity contribution in [1.29, 1.82) is 0 Å². The molecule has 2 aromatic carbocycles. The molecule has 0 fully saturated rings. The Bertz CT molecular complexity index is 755. The van der Waals surface area contributed by atoms with Gasteiger partial charge in [0.15, 0.2) is 0 Å². The third kappa shape index (κ3) is 4.91. The Balaban J connectivity index is 1.90. The van der Waals surface area contributed by atoms with E-state index < -0.39 is 4.92 Å². The van der Waals surface area contributed by atoms with Crippen LogP contribution in [0.4, 0.5) is 11.4 Å². The molecule has 1 amide bonds. The minimum atomic E-state index is -0.489. The summed E-state index contributed by atoms with van der Waals surface area (Å²) in [5, 5.41) is 14.6. The number of amides is 1. The van der Waals surface area contributed by atoms with Crippen molar-refractivity contribution in [3.05, 3.63) is 69.8 Å². The Morgan fingerprint density at radius 2 is 1.96 bits per heavy atom. The Morgan fingerprint density at radius 3 is 2.58 bits per heavy atom. The number of benzene rings is 2. The molecule has 2 aromatic rings. The van der Waals surface area contributed by atoms with E-state index in [0.717, 1.165) is 11.3 Å². The molecule has 0 spiro atoms. The highest BCUT2D eigenvalue weighted by Crippen LogP contribution is 2.13. The number of non-ortho nitro benzene ring substituents is 1. The molecule has 0 atom stereocenters. The van der Waals surface area contributed by atoms with Gasteiger partial charge in [-0.1, -0.05) is 24.3 Å². The van der Waals surface area contributed by atoms with Crippen LogP contribution in [0.3, 0.4) is 0 Å². The molecule has 2 rings (SSSR count). The maximum Gasteiger partial charge on any atom is 0.269 e. The fraction of sp³-hybridized carbons (Fsp3) is 0.176. The number of rotatable bonds is 6. The van der Waals surface area contributed by atoms with Crippen molar-refractivity contribution in [3.63, 3.8) is 0 Å². The van der Waals surface area contributed by atoms with Gasteiger partial charge in [-0.05, 0) is 23.3 Å². The van der Waals surface area contributed by atoms with E-state index in [1.54, 1.807) is 18.3 Å². The van der Waals surface area contributed by atoms with Crippen LogP contribution >= 0.6 is 0 Å². The van der Waals surface area contributed by atoms with Crippen LogP contribution in [0.5, 0.6) is 0 Å². The number of hydrogen-bond donors (Lipinski definition) is 1. The first kappa shape index (κ1) is 17.1. The molecule has 0 heterocycles. The van der Waals surface area contributed by atoms with E-state index in [9.17, 15) is 14.9 Å². The van der Waals surface area contributed by atoms with Gasteiger partial charge in [0.05, 0.1) is 17.6 Å². The Kier molecular flexibility index (Phi) is 5.62. The van der Waals surface area contributed by atoms with Crippen molar-refractivity contribution >= 4 is 23.5 Å². The molecule has 24 heavy (non-hydrogen) atoms. The van der Waals surface area contributed by atoms with Gasteiger partial charge in [0, 0.05) is 31.9 Å². The van der Waals surface area contributed by atoms with Crippen molar-refractivity contribution in [2.75, 3.05) is 19.0 Å². The number of hydrazone groups is 1. The molecule has 0 saturated carbocycles. The number of carbonyl (C=O) groups excluding carboxylic acids is 1. The molecule has 0 saturated heterocycles. The zero-order valence-corrected chi connectivity index (χ0v) is 13.5. The SMILES string of the molecule is CN(C)c1ccc(C=NNC(=O)Cc2cccc([N+](=O)[O-])c2)cc1. The standard InChI is InChI=1S/C17H18N4O3/c1-20(2)15-8-6-13(7-9-15)12-18-19-17(22)11-14-4-3-5-16(10-14)21(23)24/h3-10,12H,11H2,1-2H3,(H,19,22). The summed E-state index contributed by atoms with van der Waals surface area (Å²) in [6.07, 6.45) is 1.57. The number of nitrogens with zero attached hydrogens (tertiary/aromatic N) is 3. The summed E-state index contributed by atoms with van der Waals surface area (Å²) in [6, 6.07) is 13.7. The van der Waals surface area contributed by atoms with Gasteiger partial charge < -0.3 is 4.90 Å². The summed E-state index contributed by atoms with van der Waals surface area (Å²) in [5.41, 5.74) is 4.87. The number of hydrogen-bond acceptors (Lipinski definition) is 5. The van der Waals surface area contributed by atoms with E-state index >= 15 is 0 Å². The second-order valence-electron chi connectivity index (χ2n) is 5.38. The topological polar surface area (TPSA) is 87.8 Å². The molecule has 7 heteroatoms. The summed E-state index contributed by atoms with van der Waals surface area (Å²) >= 11 is 0. The lowest BCUT2D eigenvalue weighted by molar-refractivity contribution is -0.384.